The summed E-state index contributed by atoms with van der Waals surface area (Å²) in [6.07, 6.45) is 1.51. The SMILES string of the molecule is CCCC(C)(N)C(=O)Nc1nc(-c2ccc(C)cc2)c(C)s1. The Morgan fingerprint density at radius 2 is 1.95 bits per heavy atom. The van der Waals surface area contributed by atoms with Gasteiger partial charge in [0.2, 0.25) is 5.91 Å². The van der Waals surface area contributed by atoms with Crippen LogP contribution < -0.4 is 11.1 Å². The largest absolute Gasteiger partial charge is 0.318 e. The van der Waals surface area contributed by atoms with Crippen LogP contribution in [0.5, 0.6) is 0 Å². The van der Waals surface area contributed by atoms with Crippen molar-refractivity contribution in [3.63, 3.8) is 0 Å². The van der Waals surface area contributed by atoms with Gasteiger partial charge in [-0.25, -0.2) is 4.98 Å². The highest BCUT2D eigenvalue weighted by molar-refractivity contribution is 7.16. The predicted octanol–water partition coefficient (Wildman–Crippen LogP) is 3.88. The summed E-state index contributed by atoms with van der Waals surface area (Å²) in [6.45, 7) is 7.84. The van der Waals surface area contributed by atoms with Crippen LogP contribution in [0.25, 0.3) is 11.3 Å². The lowest BCUT2D eigenvalue weighted by Gasteiger charge is -2.21. The number of thiazole rings is 1. The minimum Gasteiger partial charge on any atom is -0.318 e. The monoisotopic (exact) mass is 317 g/mol. The van der Waals surface area contributed by atoms with E-state index in [1.165, 1.54) is 16.9 Å². The van der Waals surface area contributed by atoms with Gasteiger partial charge in [0.15, 0.2) is 5.13 Å². The van der Waals surface area contributed by atoms with Gasteiger partial charge in [-0.2, -0.15) is 0 Å². The maximum absolute atomic E-state index is 12.3. The Balaban J connectivity index is 2.20. The molecule has 1 atom stereocenters. The van der Waals surface area contributed by atoms with Gasteiger partial charge < -0.3 is 11.1 Å². The Morgan fingerprint density at radius 3 is 2.55 bits per heavy atom. The van der Waals surface area contributed by atoms with Gasteiger partial charge in [-0.05, 0) is 27.2 Å². The minimum atomic E-state index is -0.863. The molecule has 1 amide bonds. The molecule has 1 heterocycles. The lowest BCUT2D eigenvalue weighted by molar-refractivity contribution is -0.120. The van der Waals surface area contributed by atoms with Gasteiger partial charge in [-0.1, -0.05) is 43.2 Å². The first-order valence-electron chi connectivity index (χ1n) is 7.48. The molecule has 1 unspecified atom stereocenters. The average Bonchev–Trinajstić information content (AvgIpc) is 2.80. The summed E-state index contributed by atoms with van der Waals surface area (Å²) in [5.74, 6) is -0.182. The smallest absolute Gasteiger partial charge is 0.245 e. The lowest BCUT2D eigenvalue weighted by atomic mass is 9.97. The summed E-state index contributed by atoms with van der Waals surface area (Å²) < 4.78 is 0. The highest BCUT2D eigenvalue weighted by Gasteiger charge is 2.28. The molecule has 1 aromatic heterocycles. The number of aryl methyl sites for hydroxylation is 2. The third-order valence-corrected chi connectivity index (χ3v) is 4.52. The van der Waals surface area contributed by atoms with Crippen molar-refractivity contribution in [3.05, 3.63) is 34.7 Å². The molecule has 1 aromatic carbocycles. The number of hydrogen-bond donors (Lipinski definition) is 2. The maximum Gasteiger partial charge on any atom is 0.245 e. The van der Waals surface area contributed by atoms with E-state index in [4.69, 9.17) is 5.73 Å². The lowest BCUT2D eigenvalue weighted by Crippen LogP contribution is -2.48. The van der Waals surface area contributed by atoms with E-state index in [1.807, 2.05) is 26.0 Å². The zero-order valence-corrected chi connectivity index (χ0v) is 14.4. The van der Waals surface area contributed by atoms with Gasteiger partial charge in [-0.15, -0.1) is 11.3 Å². The molecule has 0 saturated heterocycles. The number of anilines is 1. The van der Waals surface area contributed by atoms with Crippen LogP contribution in [0.4, 0.5) is 5.13 Å². The van der Waals surface area contributed by atoms with Crippen LogP contribution in [0.15, 0.2) is 24.3 Å². The Bertz CT molecular complexity index is 659. The number of carbonyl (C=O) groups excluding carboxylic acids is 1. The zero-order valence-electron chi connectivity index (χ0n) is 13.6. The van der Waals surface area contributed by atoms with Crippen molar-refractivity contribution in [1.29, 1.82) is 0 Å². The highest BCUT2D eigenvalue weighted by atomic mass is 32.1. The van der Waals surface area contributed by atoms with Crippen LogP contribution >= 0.6 is 11.3 Å². The molecule has 2 aromatic rings. The summed E-state index contributed by atoms with van der Waals surface area (Å²) in [7, 11) is 0. The quantitative estimate of drug-likeness (QED) is 0.879. The maximum atomic E-state index is 12.3. The fourth-order valence-electron chi connectivity index (χ4n) is 2.30. The summed E-state index contributed by atoms with van der Waals surface area (Å²) in [5.41, 5.74) is 8.38. The summed E-state index contributed by atoms with van der Waals surface area (Å²) >= 11 is 1.48. The van der Waals surface area contributed by atoms with Crippen molar-refractivity contribution in [2.75, 3.05) is 5.32 Å². The van der Waals surface area contributed by atoms with Gasteiger partial charge in [0.1, 0.15) is 0 Å². The molecule has 3 N–H and O–H groups in total. The number of nitrogens with one attached hydrogen (secondary N) is 1. The van der Waals surface area contributed by atoms with Crippen molar-refractivity contribution in [2.24, 2.45) is 5.73 Å². The fourth-order valence-corrected chi connectivity index (χ4v) is 3.13. The van der Waals surface area contributed by atoms with Gasteiger partial charge >= 0.3 is 0 Å². The van der Waals surface area contributed by atoms with Crippen LogP contribution in [0.2, 0.25) is 0 Å². The molecule has 0 bridgehead atoms. The Hall–Kier alpha value is -1.72. The molecule has 0 fully saturated rings. The predicted molar refractivity (Wildman–Crippen MR) is 93.2 cm³/mol. The molecule has 22 heavy (non-hydrogen) atoms. The summed E-state index contributed by atoms with van der Waals surface area (Å²) in [4.78, 5) is 17.9. The van der Waals surface area contributed by atoms with E-state index in [0.717, 1.165) is 22.6 Å². The number of rotatable bonds is 5. The zero-order chi connectivity index (χ0) is 16.3. The molecule has 0 saturated carbocycles. The van der Waals surface area contributed by atoms with Crippen molar-refractivity contribution in [1.82, 2.24) is 4.98 Å². The van der Waals surface area contributed by atoms with Crippen LogP contribution in [-0.4, -0.2) is 16.4 Å². The Morgan fingerprint density at radius 1 is 1.32 bits per heavy atom. The van der Waals surface area contributed by atoms with Crippen molar-refractivity contribution in [3.8, 4) is 11.3 Å². The number of nitrogens with two attached hydrogens (primary N) is 1. The van der Waals surface area contributed by atoms with Crippen LogP contribution in [0, 0.1) is 13.8 Å². The van der Waals surface area contributed by atoms with E-state index < -0.39 is 5.54 Å². The molecule has 5 heteroatoms. The highest BCUT2D eigenvalue weighted by Crippen LogP contribution is 2.31. The molecular weight excluding hydrogens is 294 g/mol. The second-order valence-corrected chi connectivity index (χ2v) is 7.11. The average molecular weight is 317 g/mol. The van der Waals surface area contributed by atoms with E-state index in [2.05, 4.69) is 29.4 Å². The van der Waals surface area contributed by atoms with Crippen molar-refractivity contribution < 1.29 is 4.79 Å². The van der Waals surface area contributed by atoms with E-state index in [-0.39, 0.29) is 5.91 Å². The second kappa shape index (κ2) is 6.58. The van der Waals surface area contributed by atoms with E-state index in [1.54, 1.807) is 6.92 Å². The molecule has 0 spiro atoms. The first-order valence-corrected chi connectivity index (χ1v) is 8.30. The van der Waals surface area contributed by atoms with Gasteiger partial charge in [-0.3, -0.25) is 4.79 Å². The molecule has 4 nitrogen and oxygen atoms in total. The van der Waals surface area contributed by atoms with E-state index >= 15 is 0 Å². The molecule has 0 radical (unpaired) electrons. The standard InChI is InChI=1S/C17H23N3OS/c1-5-10-17(4,18)15(21)20-16-19-14(12(3)22-16)13-8-6-11(2)7-9-13/h6-9H,5,10,18H2,1-4H3,(H,19,20,21). The van der Waals surface area contributed by atoms with Gasteiger partial charge in [0, 0.05) is 10.4 Å². The van der Waals surface area contributed by atoms with Crippen molar-refractivity contribution >= 4 is 22.4 Å². The van der Waals surface area contributed by atoms with Gasteiger partial charge in [0.05, 0.1) is 11.2 Å². The first-order chi connectivity index (χ1) is 10.3. The van der Waals surface area contributed by atoms with Crippen LogP contribution in [0.1, 0.15) is 37.1 Å². The van der Waals surface area contributed by atoms with Crippen LogP contribution in [-0.2, 0) is 4.79 Å². The molecule has 118 valence electrons. The molecule has 0 aliphatic heterocycles. The van der Waals surface area contributed by atoms with E-state index in [9.17, 15) is 4.79 Å². The topological polar surface area (TPSA) is 68.0 Å². The number of hydrogen-bond acceptors (Lipinski definition) is 4. The third-order valence-electron chi connectivity index (χ3n) is 3.63. The number of amides is 1. The third kappa shape index (κ3) is 3.72. The number of aromatic nitrogens is 1. The summed E-state index contributed by atoms with van der Waals surface area (Å²) in [6, 6.07) is 8.22. The Kier molecular flexibility index (Phi) is 4.98. The number of carbonyl (C=O) groups is 1. The second-order valence-electron chi connectivity index (χ2n) is 5.91. The molecule has 0 aliphatic carbocycles. The number of nitrogens with zero attached hydrogens (tertiary/aromatic N) is 1. The Labute approximate surface area is 135 Å². The molecule has 0 aliphatic rings. The number of benzene rings is 1. The van der Waals surface area contributed by atoms with Gasteiger partial charge in [0.25, 0.3) is 0 Å². The van der Waals surface area contributed by atoms with E-state index in [0.29, 0.717) is 11.6 Å². The normalized spacial score (nSPS) is 13.7. The molecular formula is C17H23N3OS. The first kappa shape index (κ1) is 16.6. The fraction of sp³-hybridized carbons (Fsp3) is 0.412. The summed E-state index contributed by atoms with van der Waals surface area (Å²) in [5, 5.41) is 3.46. The minimum absolute atomic E-state index is 0.182. The van der Waals surface area contributed by atoms with Crippen LogP contribution in [0.3, 0.4) is 0 Å². The molecule has 2 rings (SSSR count). The van der Waals surface area contributed by atoms with Crippen molar-refractivity contribution in [2.45, 2.75) is 46.1 Å².